The molecule has 0 radical (unpaired) electrons. The summed E-state index contributed by atoms with van der Waals surface area (Å²) in [4.78, 5) is 12.3. The van der Waals surface area contributed by atoms with Crippen LogP contribution in [0.15, 0.2) is 29.2 Å². The van der Waals surface area contributed by atoms with E-state index in [1.807, 2.05) is 0 Å². The Morgan fingerprint density at radius 2 is 1.83 bits per heavy atom. The largest absolute Gasteiger partial charge is 0.396 e. The second kappa shape index (κ2) is 6.79. The van der Waals surface area contributed by atoms with Crippen LogP contribution >= 0.6 is 0 Å². The summed E-state index contributed by atoms with van der Waals surface area (Å²) in [5.74, 6) is -0.259. The summed E-state index contributed by atoms with van der Waals surface area (Å²) in [5.41, 5.74) is 0.250. The molecule has 7 nitrogen and oxygen atoms in total. The van der Waals surface area contributed by atoms with Crippen molar-refractivity contribution in [2.24, 2.45) is 5.41 Å². The van der Waals surface area contributed by atoms with E-state index in [4.69, 9.17) is 4.74 Å². The zero-order valence-corrected chi connectivity index (χ0v) is 14.2. The molecule has 0 atom stereocenters. The van der Waals surface area contributed by atoms with Gasteiger partial charge in [-0.15, -0.1) is 0 Å². The molecule has 0 aromatic heterocycles. The van der Waals surface area contributed by atoms with Crippen molar-refractivity contribution < 1.29 is 23.1 Å². The first-order valence-corrected chi connectivity index (χ1v) is 9.48. The van der Waals surface area contributed by atoms with E-state index in [-0.39, 0.29) is 22.8 Å². The van der Waals surface area contributed by atoms with Crippen molar-refractivity contribution in [2.45, 2.75) is 17.7 Å². The highest BCUT2D eigenvalue weighted by molar-refractivity contribution is 7.89. The first kappa shape index (κ1) is 17.3. The molecule has 0 unspecified atom stereocenters. The fraction of sp³-hybridized carbons (Fsp3) is 0.562. The molecule has 1 aromatic carbocycles. The van der Waals surface area contributed by atoms with Gasteiger partial charge in [0.15, 0.2) is 0 Å². The van der Waals surface area contributed by atoms with Gasteiger partial charge in [0.2, 0.25) is 10.0 Å². The SMILES string of the molecule is O=C(NCC1(CO)CC1)c1ccc(S(=O)(=O)N2CCOCC2)cc1. The molecular formula is C16H22N2O5S. The minimum absolute atomic E-state index is 0.0734. The van der Waals surface area contributed by atoms with Gasteiger partial charge in [-0.25, -0.2) is 8.42 Å². The molecular weight excluding hydrogens is 332 g/mol. The van der Waals surface area contributed by atoms with E-state index in [2.05, 4.69) is 5.32 Å². The van der Waals surface area contributed by atoms with Gasteiger partial charge in [-0.2, -0.15) is 4.31 Å². The smallest absolute Gasteiger partial charge is 0.251 e. The molecule has 1 aromatic rings. The van der Waals surface area contributed by atoms with Gasteiger partial charge in [-0.05, 0) is 37.1 Å². The van der Waals surface area contributed by atoms with Crippen molar-refractivity contribution in [1.82, 2.24) is 9.62 Å². The number of sulfonamides is 1. The van der Waals surface area contributed by atoms with Gasteiger partial charge in [0.05, 0.1) is 24.7 Å². The summed E-state index contributed by atoms with van der Waals surface area (Å²) >= 11 is 0. The average molecular weight is 354 g/mol. The second-order valence-electron chi connectivity index (χ2n) is 6.38. The monoisotopic (exact) mass is 354 g/mol. The Labute approximate surface area is 141 Å². The maximum atomic E-state index is 12.5. The predicted molar refractivity (Wildman–Crippen MR) is 87.1 cm³/mol. The number of aliphatic hydroxyl groups is 1. The highest BCUT2D eigenvalue weighted by atomic mass is 32.2. The molecule has 2 aliphatic rings. The Kier molecular flexibility index (Phi) is 4.91. The lowest BCUT2D eigenvalue weighted by Gasteiger charge is -2.26. The lowest BCUT2D eigenvalue weighted by atomic mass is 10.1. The molecule has 24 heavy (non-hydrogen) atoms. The summed E-state index contributed by atoms with van der Waals surface area (Å²) in [6, 6.07) is 5.94. The third-order valence-corrected chi connectivity index (χ3v) is 6.55. The maximum Gasteiger partial charge on any atom is 0.251 e. The maximum absolute atomic E-state index is 12.5. The molecule has 1 heterocycles. The Morgan fingerprint density at radius 1 is 1.21 bits per heavy atom. The normalized spacial score (nSPS) is 20.5. The van der Waals surface area contributed by atoms with E-state index < -0.39 is 10.0 Å². The molecule has 2 N–H and O–H groups in total. The number of hydrogen-bond acceptors (Lipinski definition) is 5. The lowest BCUT2D eigenvalue weighted by Crippen LogP contribution is -2.40. The summed E-state index contributed by atoms with van der Waals surface area (Å²) < 4.78 is 31.6. The standard InChI is InChI=1S/C16H22N2O5S/c19-12-16(5-6-16)11-17-15(20)13-1-3-14(4-2-13)24(21,22)18-7-9-23-10-8-18/h1-4,19H,5-12H2,(H,17,20). The van der Waals surface area contributed by atoms with E-state index >= 15 is 0 Å². The van der Waals surface area contributed by atoms with Crippen LogP contribution in [0.1, 0.15) is 23.2 Å². The van der Waals surface area contributed by atoms with Gasteiger partial charge in [0, 0.05) is 30.6 Å². The van der Waals surface area contributed by atoms with E-state index in [1.165, 1.54) is 28.6 Å². The van der Waals surface area contributed by atoms with Gasteiger partial charge in [0.1, 0.15) is 0 Å². The summed E-state index contributed by atoms with van der Waals surface area (Å²) in [6.45, 7) is 1.99. The highest BCUT2D eigenvalue weighted by Gasteiger charge is 2.42. The zero-order chi connectivity index (χ0) is 17.2. The van der Waals surface area contributed by atoms with E-state index in [1.54, 1.807) is 0 Å². The van der Waals surface area contributed by atoms with Crippen molar-refractivity contribution in [3.05, 3.63) is 29.8 Å². The minimum Gasteiger partial charge on any atom is -0.396 e. The van der Waals surface area contributed by atoms with Crippen LogP contribution in [0.2, 0.25) is 0 Å². The van der Waals surface area contributed by atoms with Crippen LogP contribution in [0.4, 0.5) is 0 Å². The molecule has 1 amide bonds. The lowest BCUT2D eigenvalue weighted by molar-refractivity contribution is 0.0730. The molecule has 1 saturated carbocycles. The summed E-state index contributed by atoms with van der Waals surface area (Å²) in [5, 5.41) is 12.1. The Balaban J connectivity index is 1.65. The number of carbonyl (C=O) groups excluding carboxylic acids is 1. The zero-order valence-electron chi connectivity index (χ0n) is 13.4. The average Bonchev–Trinajstić information content (AvgIpc) is 3.41. The van der Waals surface area contributed by atoms with Crippen LogP contribution in [-0.2, 0) is 14.8 Å². The van der Waals surface area contributed by atoms with Crippen LogP contribution in [0.5, 0.6) is 0 Å². The minimum atomic E-state index is -3.55. The number of morpholine rings is 1. The third kappa shape index (κ3) is 3.61. The number of benzene rings is 1. The van der Waals surface area contributed by atoms with Crippen molar-refractivity contribution in [3.63, 3.8) is 0 Å². The van der Waals surface area contributed by atoms with Crippen molar-refractivity contribution in [1.29, 1.82) is 0 Å². The van der Waals surface area contributed by atoms with Gasteiger partial charge >= 0.3 is 0 Å². The van der Waals surface area contributed by atoms with Crippen LogP contribution in [0.25, 0.3) is 0 Å². The van der Waals surface area contributed by atoms with Gasteiger partial charge in [-0.3, -0.25) is 4.79 Å². The van der Waals surface area contributed by atoms with Crippen molar-refractivity contribution in [2.75, 3.05) is 39.5 Å². The molecule has 1 aliphatic heterocycles. The van der Waals surface area contributed by atoms with Crippen LogP contribution in [0, 0.1) is 5.41 Å². The Hall–Kier alpha value is -1.48. The number of aliphatic hydroxyl groups excluding tert-OH is 1. The molecule has 132 valence electrons. The van der Waals surface area contributed by atoms with Crippen LogP contribution < -0.4 is 5.32 Å². The predicted octanol–water partition coefficient (Wildman–Crippen LogP) is 0.210. The van der Waals surface area contributed by atoms with Gasteiger partial charge < -0.3 is 15.2 Å². The first-order valence-electron chi connectivity index (χ1n) is 8.04. The number of amides is 1. The molecule has 0 spiro atoms. The van der Waals surface area contributed by atoms with Crippen molar-refractivity contribution >= 4 is 15.9 Å². The number of nitrogens with zero attached hydrogens (tertiary/aromatic N) is 1. The van der Waals surface area contributed by atoms with E-state index in [0.717, 1.165) is 12.8 Å². The second-order valence-corrected chi connectivity index (χ2v) is 8.32. The molecule has 1 saturated heterocycles. The molecule has 1 aliphatic carbocycles. The molecule has 3 rings (SSSR count). The fourth-order valence-corrected chi connectivity index (χ4v) is 4.06. The topological polar surface area (TPSA) is 95.9 Å². The molecule has 0 bridgehead atoms. The van der Waals surface area contributed by atoms with Crippen LogP contribution in [0.3, 0.4) is 0 Å². The molecule has 2 fully saturated rings. The summed E-state index contributed by atoms with van der Waals surface area (Å²) in [7, 11) is -3.55. The number of ether oxygens (including phenoxy) is 1. The fourth-order valence-electron chi connectivity index (χ4n) is 2.65. The Bertz CT molecular complexity index is 692. The Morgan fingerprint density at radius 3 is 2.38 bits per heavy atom. The quantitative estimate of drug-likeness (QED) is 0.761. The van der Waals surface area contributed by atoms with Gasteiger partial charge in [-0.1, -0.05) is 0 Å². The van der Waals surface area contributed by atoms with E-state index in [9.17, 15) is 18.3 Å². The van der Waals surface area contributed by atoms with Crippen LogP contribution in [-0.4, -0.2) is 63.2 Å². The number of carbonyl (C=O) groups is 1. The summed E-state index contributed by atoms with van der Waals surface area (Å²) in [6.07, 6.45) is 1.83. The number of nitrogens with one attached hydrogen (secondary N) is 1. The van der Waals surface area contributed by atoms with Crippen molar-refractivity contribution in [3.8, 4) is 0 Å². The number of rotatable bonds is 6. The highest BCUT2D eigenvalue weighted by Crippen LogP contribution is 2.44. The number of hydrogen-bond donors (Lipinski definition) is 2. The third-order valence-electron chi connectivity index (χ3n) is 4.64. The van der Waals surface area contributed by atoms with Gasteiger partial charge in [0.25, 0.3) is 5.91 Å². The van der Waals surface area contributed by atoms with E-state index in [0.29, 0.717) is 38.4 Å². The first-order chi connectivity index (χ1) is 11.5. The molecule has 8 heteroatoms.